The van der Waals surface area contributed by atoms with E-state index in [1.807, 2.05) is 19.1 Å². The Morgan fingerprint density at radius 2 is 1.56 bits per heavy atom. The van der Waals surface area contributed by atoms with Gasteiger partial charge in [0, 0.05) is 0 Å². The SMILES string of the molecule is Cc1ccc(S(=O)(=O)C[CH2][Sn]([CH3])([CH3])[CH3])cc1. The van der Waals surface area contributed by atoms with Gasteiger partial charge >= 0.3 is 103 Å². The molecule has 1 rings (SSSR count). The van der Waals surface area contributed by atoms with Crippen molar-refractivity contribution < 1.29 is 8.42 Å². The van der Waals surface area contributed by atoms with E-state index in [-0.39, 0.29) is 0 Å². The van der Waals surface area contributed by atoms with E-state index in [4.69, 9.17) is 0 Å². The van der Waals surface area contributed by atoms with Gasteiger partial charge in [-0.2, -0.15) is 0 Å². The zero-order chi connectivity index (χ0) is 12.4. The Balaban J connectivity index is 2.83. The van der Waals surface area contributed by atoms with Crippen LogP contribution in [-0.2, 0) is 9.84 Å². The Bertz CT molecular complexity index is 441. The van der Waals surface area contributed by atoms with Gasteiger partial charge in [0.15, 0.2) is 0 Å². The molecule has 0 fully saturated rings. The van der Waals surface area contributed by atoms with Crippen LogP contribution in [0.4, 0.5) is 0 Å². The van der Waals surface area contributed by atoms with Gasteiger partial charge in [0.25, 0.3) is 0 Å². The molecule has 0 aliphatic carbocycles. The maximum atomic E-state index is 12.0. The van der Waals surface area contributed by atoms with Crippen molar-refractivity contribution in [1.82, 2.24) is 0 Å². The predicted molar refractivity (Wildman–Crippen MR) is 71.4 cm³/mol. The van der Waals surface area contributed by atoms with E-state index in [0.717, 1.165) is 10.0 Å². The molecule has 16 heavy (non-hydrogen) atoms. The molecule has 90 valence electrons. The molecule has 0 aliphatic rings. The molecule has 0 bridgehead atoms. The Morgan fingerprint density at radius 1 is 1.06 bits per heavy atom. The number of hydrogen-bond donors (Lipinski definition) is 0. The van der Waals surface area contributed by atoms with Gasteiger partial charge in [0.05, 0.1) is 0 Å². The summed E-state index contributed by atoms with van der Waals surface area (Å²) in [4.78, 5) is 7.26. The Morgan fingerprint density at radius 3 is 2.00 bits per heavy atom. The number of sulfone groups is 1. The average Bonchev–Trinajstić information content (AvgIpc) is 2.15. The van der Waals surface area contributed by atoms with Gasteiger partial charge in [0.2, 0.25) is 0 Å². The summed E-state index contributed by atoms with van der Waals surface area (Å²) in [6.07, 6.45) is 0. The van der Waals surface area contributed by atoms with Gasteiger partial charge in [-0.15, -0.1) is 0 Å². The Kier molecular flexibility index (Phi) is 4.46. The molecule has 0 amide bonds. The van der Waals surface area contributed by atoms with E-state index in [1.165, 1.54) is 0 Å². The second-order valence-electron chi connectivity index (χ2n) is 5.44. The number of benzene rings is 1. The molecule has 0 spiro atoms. The van der Waals surface area contributed by atoms with Gasteiger partial charge in [0.1, 0.15) is 0 Å². The first kappa shape index (κ1) is 14.0. The third-order valence-corrected chi connectivity index (χ3v) is 10.3. The summed E-state index contributed by atoms with van der Waals surface area (Å²) >= 11 is -1.98. The van der Waals surface area contributed by atoms with Crippen LogP contribution in [0.25, 0.3) is 0 Å². The first-order valence-corrected chi connectivity index (χ1v) is 17.7. The van der Waals surface area contributed by atoms with E-state index in [2.05, 4.69) is 14.8 Å². The summed E-state index contributed by atoms with van der Waals surface area (Å²) in [5.74, 6) is 0.315. The zero-order valence-electron chi connectivity index (χ0n) is 10.4. The quantitative estimate of drug-likeness (QED) is 0.785. The minimum atomic E-state index is -3.06. The Labute approximate surface area is 103 Å². The maximum absolute atomic E-state index is 12.0. The van der Waals surface area contributed by atoms with E-state index in [1.54, 1.807) is 12.1 Å². The van der Waals surface area contributed by atoms with E-state index < -0.39 is 28.2 Å². The second-order valence-corrected chi connectivity index (χ2v) is 23.6. The summed E-state index contributed by atoms with van der Waals surface area (Å²) in [7, 11) is -3.06. The normalized spacial score (nSPS) is 12.8. The standard InChI is InChI=1S/C9H11O2S.3CH3.Sn/c1-3-12(10,11)9-6-4-8(2)5-7-9;;;;/h4-7H,1,3H2,2H3;3*1H3;. The first-order chi connectivity index (χ1) is 7.21. The molecule has 0 aromatic heterocycles. The van der Waals surface area contributed by atoms with Crippen LogP contribution < -0.4 is 0 Å². The average molecular weight is 347 g/mol. The van der Waals surface area contributed by atoms with Crippen LogP contribution in [0.5, 0.6) is 0 Å². The molecule has 0 atom stereocenters. The van der Waals surface area contributed by atoms with Crippen molar-refractivity contribution in [2.75, 3.05) is 5.75 Å². The molecular formula is C12H20O2SSn. The third kappa shape index (κ3) is 4.45. The molecule has 0 saturated heterocycles. The van der Waals surface area contributed by atoms with Crippen molar-refractivity contribution in [3.05, 3.63) is 29.8 Å². The van der Waals surface area contributed by atoms with Crippen LogP contribution in [0.2, 0.25) is 19.3 Å². The fourth-order valence-electron chi connectivity index (χ4n) is 1.30. The second kappa shape index (κ2) is 5.08. The topological polar surface area (TPSA) is 34.1 Å². The summed E-state index contributed by atoms with van der Waals surface area (Å²) < 4.78 is 24.9. The predicted octanol–water partition coefficient (Wildman–Crippen LogP) is 3.11. The van der Waals surface area contributed by atoms with Crippen LogP contribution in [0.15, 0.2) is 29.2 Å². The van der Waals surface area contributed by atoms with E-state index in [0.29, 0.717) is 10.6 Å². The van der Waals surface area contributed by atoms with Gasteiger partial charge in [-0.05, 0) is 0 Å². The molecule has 0 radical (unpaired) electrons. The van der Waals surface area contributed by atoms with Crippen molar-refractivity contribution in [3.8, 4) is 0 Å². The van der Waals surface area contributed by atoms with Gasteiger partial charge < -0.3 is 0 Å². The molecule has 0 heterocycles. The fraction of sp³-hybridized carbons (Fsp3) is 0.500. The molecule has 2 nitrogen and oxygen atoms in total. The van der Waals surface area contributed by atoms with Crippen molar-refractivity contribution >= 4 is 28.2 Å². The van der Waals surface area contributed by atoms with Crippen molar-refractivity contribution in [1.29, 1.82) is 0 Å². The zero-order valence-corrected chi connectivity index (χ0v) is 14.1. The van der Waals surface area contributed by atoms with Crippen molar-refractivity contribution in [2.45, 2.75) is 31.1 Å². The molecule has 0 aliphatic heterocycles. The minimum absolute atomic E-state index is 0.315. The molecule has 4 heteroatoms. The summed E-state index contributed by atoms with van der Waals surface area (Å²) in [6.45, 7) is 1.96. The first-order valence-electron chi connectivity index (χ1n) is 5.50. The number of hydrogen-bond acceptors (Lipinski definition) is 2. The fourth-order valence-corrected chi connectivity index (χ4v) is 10.5. The van der Waals surface area contributed by atoms with Crippen molar-refractivity contribution in [3.63, 3.8) is 0 Å². The third-order valence-electron chi connectivity index (χ3n) is 2.50. The van der Waals surface area contributed by atoms with E-state index in [9.17, 15) is 8.42 Å². The van der Waals surface area contributed by atoms with Crippen LogP contribution in [-0.4, -0.2) is 32.5 Å². The molecule has 1 aromatic rings. The molecule has 0 N–H and O–H groups in total. The molecule has 0 saturated carbocycles. The van der Waals surface area contributed by atoms with Gasteiger partial charge in [-0.3, -0.25) is 0 Å². The van der Waals surface area contributed by atoms with Gasteiger partial charge in [-0.1, -0.05) is 0 Å². The summed E-state index contributed by atoms with van der Waals surface area (Å²) in [6, 6.07) is 7.13. The Hall–Kier alpha value is -0.0313. The number of aryl methyl sites for hydroxylation is 1. The number of rotatable bonds is 4. The van der Waals surface area contributed by atoms with Crippen LogP contribution in [0, 0.1) is 6.92 Å². The molecular weight excluding hydrogens is 327 g/mol. The van der Waals surface area contributed by atoms with Crippen LogP contribution in [0.1, 0.15) is 5.56 Å². The van der Waals surface area contributed by atoms with Crippen LogP contribution in [0.3, 0.4) is 0 Å². The van der Waals surface area contributed by atoms with Crippen LogP contribution >= 0.6 is 0 Å². The van der Waals surface area contributed by atoms with Crippen molar-refractivity contribution in [2.24, 2.45) is 0 Å². The molecule has 0 unspecified atom stereocenters. The van der Waals surface area contributed by atoms with Gasteiger partial charge in [-0.25, -0.2) is 0 Å². The summed E-state index contributed by atoms with van der Waals surface area (Å²) in [5.41, 5.74) is 1.09. The summed E-state index contributed by atoms with van der Waals surface area (Å²) in [5, 5.41) is 0. The monoisotopic (exact) mass is 348 g/mol. The molecule has 1 aromatic carbocycles. The van der Waals surface area contributed by atoms with E-state index >= 15 is 0 Å².